The van der Waals surface area contributed by atoms with Crippen LogP contribution in [0.5, 0.6) is 0 Å². The Balaban J connectivity index is 2.26. The molecule has 0 unspecified atom stereocenters. The van der Waals surface area contributed by atoms with Gasteiger partial charge in [0.15, 0.2) is 0 Å². The van der Waals surface area contributed by atoms with Crippen LogP contribution < -0.4 is 13.1 Å². The third-order valence-corrected chi connectivity index (χ3v) is 14.5. The maximum absolute atomic E-state index is 14.1. The molecule has 164 valence electrons. The Labute approximate surface area is 196 Å². The molecule has 0 aliphatic carbocycles. The van der Waals surface area contributed by atoms with Crippen molar-refractivity contribution in [2.45, 2.75) is 6.92 Å². The van der Waals surface area contributed by atoms with E-state index in [0.29, 0.717) is 5.56 Å². The third kappa shape index (κ3) is 4.37. The van der Waals surface area contributed by atoms with Gasteiger partial charge in [-0.05, 0) is 0 Å². The van der Waals surface area contributed by atoms with E-state index < -0.39 is 19.1 Å². The van der Waals surface area contributed by atoms with E-state index in [1.165, 1.54) is 0 Å². The molecule has 4 aromatic carbocycles. The van der Waals surface area contributed by atoms with Crippen molar-refractivity contribution in [1.82, 2.24) is 0 Å². The van der Waals surface area contributed by atoms with Crippen molar-refractivity contribution in [3.8, 4) is 0 Å². The summed E-state index contributed by atoms with van der Waals surface area (Å²) in [5.74, 6) is -0.825. The van der Waals surface area contributed by atoms with Gasteiger partial charge in [0.25, 0.3) is 0 Å². The summed E-state index contributed by atoms with van der Waals surface area (Å²) >= 11 is -3.82. The number of rotatable bonds is 7. The van der Waals surface area contributed by atoms with Crippen LogP contribution in [-0.2, 0) is 9.53 Å². The van der Waals surface area contributed by atoms with Crippen LogP contribution in [0.2, 0.25) is 0 Å². The summed E-state index contributed by atoms with van der Waals surface area (Å²) in [5.41, 5.74) is 0.481. The van der Waals surface area contributed by atoms with E-state index in [9.17, 15) is 9.59 Å². The molecule has 0 amide bonds. The number of hydrogen-bond acceptors (Lipinski definition) is 3. The van der Waals surface area contributed by atoms with Crippen molar-refractivity contribution in [2.24, 2.45) is 0 Å². The van der Waals surface area contributed by atoms with Crippen molar-refractivity contribution in [3.05, 3.63) is 127 Å². The number of carbonyl (C=O) groups excluding carboxylic acids is 2. The quantitative estimate of drug-likeness (QED) is 0.171. The Hall–Kier alpha value is -3.55. The van der Waals surface area contributed by atoms with E-state index >= 15 is 0 Å². The molecule has 4 aromatic rings. The summed E-state index contributed by atoms with van der Waals surface area (Å²) in [6.45, 7) is 1.96. The number of Topliss-reactive ketones (excluding diaryl/α,β-unsaturated/α-hetero) is 1. The monoisotopic (exact) mass is 496 g/mol. The van der Waals surface area contributed by atoms with E-state index in [4.69, 9.17) is 4.74 Å². The first-order valence-electron chi connectivity index (χ1n) is 10.9. The molecule has 0 radical (unpaired) electrons. The zero-order valence-electron chi connectivity index (χ0n) is 18.4. The summed E-state index contributed by atoms with van der Waals surface area (Å²) in [7, 11) is 0. The van der Waals surface area contributed by atoms with Gasteiger partial charge < -0.3 is 0 Å². The van der Waals surface area contributed by atoms with Gasteiger partial charge in [-0.25, -0.2) is 0 Å². The molecular weight excluding hydrogens is 471 g/mol. The molecular formula is C29H25AsO3. The van der Waals surface area contributed by atoms with E-state index in [2.05, 4.69) is 0 Å². The molecule has 0 saturated carbocycles. The summed E-state index contributed by atoms with van der Waals surface area (Å²) in [6.07, 6.45) is 0. The van der Waals surface area contributed by atoms with Crippen LogP contribution in [0, 0.1) is 0 Å². The Morgan fingerprint density at radius 3 is 1.33 bits per heavy atom. The van der Waals surface area contributed by atoms with Crippen LogP contribution >= 0.6 is 0 Å². The molecule has 0 bridgehead atoms. The van der Waals surface area contributed by atoms with Gasteiger partial charge in [0.05, 0.1) is 0 Å². The van der Waals surface area contributed by atoms with Crippen molar-refractivity contribution >= 4 is 42.2 Å². The van der Waals surface area contributed by atoms with Gasteiger partial charge >= 0.3 is 197 Å². The number of ketones is 1. The molecule has 4 heteroatoms. The molecule has 3 nitrogen and oxygen atoms in total. The topological polar surface area (TPSA) is 43.4 Å². The first kappa shape index (κ1) is 22.6. The maximum atomic E-state index is 14.1. The zero-order chi connectivity index (χ0) is 23.1. The predicted octanol–water partition coefficient (Wildman–Crippen LogP) is 3.36. The SMILES string of the molecule is CCOC(=O)C(C(=O)c1ccccc1)=[As](c1ccccc1)(c1ccccc1)c1ccccc1. The minimum atomic E-state index is -3.82. The van der Waals surface area contributed by atoms with E-state index in [0.717, 1.165) is 13.1 Å². The number of carbonyl (C=O) groups is 2. The molecule has 0 spiro atoms. The molecule has 4 rings (SSSR count). The van der Waals surface area contributed by atoms with Gasteiger partial charge in [-0.2, -0.15) is 0 Å². The van der Waals surface area contributed by atoms with Crippen LogP contribution in [0.15, 0.2) is 121 Å². The van der Waals surface area contributed by atoms with Crippen molar-refractivity contribution < 1.29 is 14.3 Å². The molecule has 0 aliphatic rings. The summed E-state index contributed by atoms with van der Waals surface area (Å²) in [4.78, 5) is 27.8. The fourth-order valence-electron chi connectivity index (χ4n) is 4.10. The van der Waals surface area contributed by atoms with Gasteiger partial charge in [0, 0.05) is 0 Å². The second-order valence-electron chi connectivity index (χ2n) is 7.44. The molecule has 0 atom stereocenters. The predicted molar refractivity (Wildman–Crippen MR) is 136 cm³/mol. The molecule has 0 aromatic heterocycles. The summed E-state index contributed by atoms with van der Waals surface area (Å²) in [5, 5.41) is 0. The molecule has 0 fully saturated rings. The minimum absolute atomic E-state index is 0.193. The van der Waals surface area contributed by atoms with Crippen molar-refractivity contribution in [2.75, 3.05) is 6.61 Å². The normalized spacial score (nSPS) is 10.9. The average Bonchev–Trinajstić information content (AvgIpc) is 2.89. The van der Waals surface area contributed by atoms with Crippen LogP contribution in [0.3, 0.4) is 0 Å². The number of ether oxygens (including phenoxy) is 1. The second kappa shape index (κ2) is 10.4. The first-order valence-corrected chi connectivity index (χ1v) is 14.6. The van der Waals surface area contributed by atoms with Crippen LogP contribution in [0.25, 0.3) is 0 Å². The summed E-state index contributed by atoms with van der Waals surface area (Å²) < 4.78 is 8.76. The second-order valence-corrected chi connectivity index (χ2v) is 14.4. The van der Waals surface area contributed by atoms with Gasteiger partial charge in [0.2, 0.25) is 0 Å². The van der Waals surface area contributed by atoms with E-state index in [-0.39, 0.29) is 16.7 Å². The molecule has 0 N–H and O–H groups in total. The van der Waals surface area contributed by atoms with Crippen LogP contribution in [0.1, 0.15) is 17.3 Å². The van der Waals surface area contributed by atoms with Crippen LogP contribution in [0.4, 0.5) is 0 Å². The summed E-state index contributed by atoms with van der Waals surface area (Å²) in [6, 6.07) is 38.8. The number of hydrogen-bond donors (Lipinski definition) is 0. The zero-order valence-corrected chi connectivity index (χ0v) is 20.3. The fourth-order valence-corrected chi connectivity index (χ4v) is 13.1. The van der Waals surface area contributed by atoms with Gasteiger partial charge in [-0.15, -0.1) is 0 Å². The standard InChI is InChI=1S/C29H25AsO3/c1-2-33-29(32)27(28(31)23-15-7-3-8-16-23)30(24-17-9-4-10-18-24,25-19-11-5-12-20-25)26-21-13-6-14-22-26/h3-22H,2H2,1H3. The Morgan fingerprint density at radius 2 is 0.970 bits per heavy atom. The fraction of sp³-hybridized carbons (Fsp3) is 0.0690. The average molecular weight is 496 g/mol. The van der Waals surface area contributed by atoms with Gasteiger partial charge in [-0.1, -0.05) is 0 Å². The Morgan fingerprint density at radius 1 is 0.606 bits per heavy atom. The van der Waals surface area contributed by atoms with Crippen molar-refractivity contribution in [1.29, 1.82) is 0 Å². The number of esters is 1. The first-order chi connectivity index (χ1) is 16.2. The van der Waals surface area contributed by atoms with Crippen molar-refractivity contribution in [3.63, 3.8) is 0 Å². The van der Waals surface area contributed by atoms with E-state index in [1.54, 1.807) is 19.1 Å². The van der Waals surface area contributed by atoms with Crippen LogP contribution in [-0.4, -0.2) is 35.8 Å². The molecule has 0 saturated heterocycles. The number of benzene rings is 4. The van der Waals surface area contributed by atoms with Gasteiger partial charge in [0.1, 0.15) is 0 Å². The van der Waals surface area contributed by atoms with E-state index in [1.807, 2.05) is 109 Å². The third-order valence-electron chi connectivity index (χ3n) is 5.49. The molecule has 33 heavy (non-hydrogen) atoms. The Kier molecular flexibility index (Phi) is 7.12. The molecule has 0 aliphatic heterocycles. The molecule has 0 heterocycles. The Bertz CT molecular complexity index is 1180. The van der Waals surface area contributed by atoms with Gasteiger partial charge in [-0.3, -0.25) is 0 Å².